The molecular weight excluding hydrogens is 392 g/mol. The minimum atomic E-state index is -0.163. The lowest BCUT2D eigenvalue weighted by atomic mass is 9.78. The van der Waals surface area contributed by atoms with Crippen LogP contribution in [0.15, 0.2) is 24.3 Å². The Morgan fingerprint density at radius 2 is 1.74 bits per heavy atom. The lowest BCUT2D eigenvalue weighted by Crippen LogP contribution is -2.51. The summed E-state index contributed by atoms with van der Waals surface area (Å²) in [5, 5.41) is 2.92. The second kappa shape index (κ2) is 10.5. The number of rotatable bonds is 6. The Bertz CT molecular complexity index is 746. The summed E-state index contributed by atoms with van der Waals surface area (Å²) in [6.45, 7) is 4.78. The number of nitrogens with zero attached hydrogens (tertiary/aromatic N) is 3. The smallest absolute Gasteiger partial charge is 0.243 e. The zero-order valence-corrected chi connectivity index (χ0v) is 18.7. The largest absolute Gasteiger partial charge is 0.378 e. The van der Waals surface area contributed by atoms with Crippen LogP contribution in [0, 0.1) is 5.92 Å². The molecule has 0 radical (unpaired) electrons. The molecule has 2 aliphatic heterocycles. The summed E-state index contributed by atoms with van der Waals surface area (Å²) in [4.78, 5) is 31.5. The van der Waals surface area contributed by atoms with Crippen molar-refractivity contribution in [1.29, 1.82) is 0 Å². The number of anilines is 2. The van der Waals surface area contributed by atoms with Crippen molar-refractivity contribution in [2.75, 3.05) is 63.2 Å². The van der Waals surface area contributed by atoms with E-state index in [0.717, 1.165) is 50.1 Å². The van der Waals surface area contributed by atoms with E-state index in [0.29, 0.717) is 12.6 Å². The van der Waals surface area contributed by atoms with Gasteiger partial charge >= 0.3 is 0 Å². The van der Waals surface area contributed by atoms with E-state index in [9.17, 15) is 9.59 Å². The Morgan fingerprint density at radius 3 is 2.52 bits per heavy atom. The molecule has 3 aliphatic rings. The van der Waals surface area contributed by atoms with E-state index in [1.54, 1.807) is 11.9 Å². The molecular formula is C24H36N4O3. The van der Waals surface area contributed by atoms with Gasteiger partial charge in [-0.3, -0.25) is 14.5 Å². The van der Waals surface area contributed by atoms with Gasteiger partial charge in [-0.15, -0.1) is 0 Å². The van der Waals surface area contributed by atoms with Crippen molar-refractivity contribution in [3.63, 3.8) is 0 Å². The van der Waals surface area contributed by atoms with Gasteiger partial charge < -0.3 is 19.9 Å². The summed E-state index contributed by atoms with van der Waals surface area (Å²) in [6, 6.07) is 8.43. The number of benzene rings is 1. The van der Waals surface area contributed by atoms with Gasteiger partial charge in [0.05, 0.1) is 26.3 Å². The standard InChI is InChI=1S/C24H36N4O3/c1-26(24(30)18-28-12-4-6-19-5-2-3-7-22(19)28)17-23(29)25-20-8-10-21(11-9-20)27-13-15-31-16-14-27/h8-11,19,22H,2-7,12-18H2,1H3,(H,25,29)/t19-,22+/m1/s1. The lowest BCUT2D eigenvalue weighted by molar-refractivity contribution is -0.135. The second-order valence-corrected chi connectivity index (χ2v) is 9.17. The number of nitrogens with one attached hydrogen (secondary N) is 1. The first-order chi connectivity index (χ1) is 15.1. The normalized spacial score (nSPS) is 24.4. The third kappa shape index (κ3) is 5.77. The van der Waals surface area contributed by atoms with Gasteiger partial charge in [-0.25, -0.2) is 0 Å². The number of fused-ring (bicyclic) bond motifs is 1. The van der Waals surface area contributed by atoms with E-state index in [4.69, 9.17) is 4.74 Å². The number of amides is 2. The monoisotopic (exact) mass is 428 g/mol. The molecule has 2 atom stereocenters. The summed E-state index contributed by atoms with van der Waals surface area (Å²) in [7, 11) is 1.73. The van der Waals surface area contributed by atoms with Crippen molar-refractivity contribution in [3.8, 4) is 0 Å². The molecule has 0 bridgehead atoms. The van der Waals surface area contributed by atoms with Gasteiger partial charge in [-0.1, -0.05) is 12.8 Å². The molecule has 0 unspecified atom stereocenters. The third-order valence-corrected chi connectivity index (χ3v) is 7.03. The van der Waals surface area contributed by atoms with Crippen LogP contribution in [0.1, 0.15) is 38.5 Å². The molecule has 3 fully saturated rings. The average Bonchev–Trinajstić information content (AvgIpc) is 2.80. The van der Waals surface area contributed by atoms with Crippen molar-refractivity contribution in [3.05, 3.63) is 24.3 Å². The number of hydrogen-bond acceptors (Lipinski definition) is 5. The molecule has 1 aromatic carbocycles. The highest BCUT2D eigenvalue weighted by Gasteiger charge is 2.34. The molecule has 1 N–H and O–H groups in total. The summed E-state index contributed by atoms with van der Waals surface area (Å²) in [5.41, 5.74) is 1.89. The number of morpholine rings is 1. The summed E-state index contributed by atoms with van der Waals surface area (Å²) >= 11 is 0. The van der Waals surface area contributed by atoms with E-state index in [1.807, 2.05) is 24.3 Å². The highest BCUT2D eigenvalue weighted by Crippen LogP contribution is 2.35. The number of hydrogen-bond donors (Lipinski definition) is 1. The van der Waals surface area contributed by atoms with Crippen LogP contribution in [0.4, 0.5) is 11.4 Å². The van der Waals surface area contributed by atoms with E-state index in [1.165, 1.54) is 38.5 Å². The number of piperidine rings is 1. The first kappa shape index (κ1) is 22.1. The maximum absolute atomic E-state index is 12.8. The van der Waals surface area contributed by atoms with Gasteiger partial charge in [-0.05, 0) is 62.4 Å². The first-order valence-electron chi connectivity index (χ1n) is 11.8. The molecule has 4 rings (SSSR count). The molecule has 0 aromatic heterocycles. The zero-order chi connectivity index (χ0) is 21.6. The Morgan fingerprint density at radius 1 is 1.03 bits per heavy atom. The van der Waals surface area contributed by atoms with Crippen LogP contribution in [0.3, 0.4) is 0 Å². The Labute approximate surface area is 185 Å². The minimum absolute atomic E-state index is 0.0315. The van der Waals surface area contributed by atoms with Crippen molar-refractivity contribution in [1.82, 2.24) is 9.80 Å². The van der Waals surface area contributed by atoms with Crippen LogP contribution in [-0.4, -0.2) is 80.6 Å². The molecule has 31 heavy (non-hydrogen) atoms. The molecule has 7 heteroatoms. The quantitative estimate of drug-likeness (QED) is 0.755. The van der Waals surface area contributed by atoms with Crippen LogP contribution >= 0.6 is 0 Å². The van der Waals surface area contributed by atoms with Gasteiger partial charge in [-0.2, -0.15) is 0 Å². The molecule has 2 amide bonds. The molecule has 2 heterocycles. The third-order valence-electron chi connectivity index (χ3n) is 7.03. The lowest BCUT2D eigenvalue weighted by Gasteiger charge is -2.44. The predicted octanol–water partition coefficient (Wildman–Crippen LogP) is 2.57. The van der Waals surface area contributed by atoms with E-state index in [2.05, 4.69) is 15.1 Å². The maximum Gasteiger partial charge on any atom is 0.243 e. The summed E-state index contributed by atoms with van der Waals surface area (Å²) < 4.78 is 5.39. The number of likely N-dealkylation sites (tertiary alicyclic amines) is 1. The maximum atomic E-state index is 12.8. The van der Waals surface area contributed by atoms with Crippen LogP contribution in [0.25, 0.3) is 0 Å². The van der Waals surface area contributed by atoms with Gasteiger partial charge in [0.25, 0.3) is 0 Å². The molecule has 7 nitrogen and oxygen atoms in total. The fourth-order valence-electron chi connectivity index (χ4n) is 5.30. The van der Waals surface area contributed by atoms with Crippen molar-refractivity contribution >= 4 is 23.2 Å². The van der Waals surface area contributed by atoms with Crippen molar-refractivity contribution in [2.24, 2.45) is 5.92 Å². The van der Waals surface area contributed by atoms with Crippen molar-refractivity contribution < 1.29 is 14.3 Å². The van der Waals surface area contributed by atoms with Gasteiger partial charge in [0.15, 0.2) is 0 Å². The summed E-state index contributed by atoms with van der Waals surface area (Å²) in [5.74, 6) is 0.623. The van der Waals surface area contributed by atoms with E-state index < -0.39 is 0 Å². The molecule has 1 saturated carbocycles. The zero-order valence-electron chi connectivity index (χ0n) is 18.7. The van der Waals surface area contributed by atoms with E-state index in [-0.39, 0.29) is 18.4 Å². The Balaban J connectivity index is 1.24. The Kier molecular flexibility index (Phi) is 7.45. The van der Waals surface area contributed by atoms with E-state index >= 15 is 0 Å². The highest BCUT2D eigenvalue weighted by atomic mass is 16.5. The van der Waals surface area contributed by atoms with Gasteiger partial charge in [0.2, 0.25) is 11.8 Å². The Hall–Kier alpha value is -2.12. The molecule has 2 saturated heterocycles. The first-order valence-corrected chi connectivity index (χ1v) is 11.8. The summed E-state index contributed by atoms with van der Waals surface area (Å²) in [6.07, 6.45) is 7.60. The van der Waals surface area contributed by atoms with Crippen LogP contribution < -0.4 is 10.2 Å². The van der Waals surface area contributed by atoms with Gasteiger partial charge in [0, 0.05) is 37.6 Å². The molecule has 1 aliphatic carbocycles. The predicted molar refractivity (Wildman–Crippen MR) is 122 cm³/mol. The second-order valence-electron chi connectivity index (χ2n) is 9.17. The SMILES string of the molecule is CN(CC(=O)Nc1ccc(N2CCOCC2)cc1)C(=O)CN1CCC[C@H]2CCCC[C@@H]21. The fourth-order valence-corrected chi connectivity index (χ4v) is 5.30. The topological polar surface area (TPSA) is 65.1 Å². The molecule has 1 aromatic rings. The van der Waals surface area contributed by atoms with Crippen LogP contribution in [-0.2, 0) is 14.3 Å². The number of carbonyl (C=O) groups is 2. The number of ether oxygens (including phenoxy) is 1. The fraction of sp³-hybridized carbons (Fsp3) is 0.667. The number of carbonyl (C=O) groups excluding carboxylic acids is 2. The van der Waals surface area contributed by atoms with Crippen LogP contribution in [0.5, 0.6) is 0 Å². The minimum Gasteiger partial charge on any atom is -0.378 e. The molecule has 0 spiro atoms. The van der Waals surface area contributed by atoms with Crippen molar-refractivity contribution in [2.45, 2.75) is 44.6 Å². The average molecular weight is 429 g/mol. The highest BCUT2D eigenvalue weighted by molar-refractivity contribution is 5.94. The molecule has 170 valence electrons. The van der Waals surface area contributed by atoms with Crippen LogP contribution in [0.2, 0.25) is 0 Å². The number of likely N-dealkylation sites (N-methyl/N-ethyl adjacent to an activating group) is 1. The van der Waals surface area contributed by atoms with Gasteiger partial charge in [0.1, 0.15) is 0 Å².